The van der Waals surface area contributed by atoms with Gasteiger partial charge < -0.3 is 0 Å². The zero-order valence-electron chi connectivity index (χ0n) is 13.7. The molecule has 11 heteroatoms. The van der Waals surface area contributed by atoms with E-state index in [9.17, 15) is 17.6 Å². The standard InChI is InChI=1S/C16H12BrFN4O3S2/c1-9-2-4-10(5-3-9)14(23)19-15-20-21-16(26-15)27(24,25)22-13-7-6-11(17)8-12(13)18/h2-8,22H,1H3,(H,19,20,23). The summed E-state index contributed by atoms with van der Waals surface area (Å²) in [6.07, 6.45) is 0. The average molecular weight is 471 g/mol. The van der Waals surface area contributed by atoms with Crippen LogP contribution in [0.4, 0.5) is 15.2 Å². The minimum atomic E-state index is -4.15. The molecule has 0 radical (unpaired) electrons. The topological polar surface area (TPSA) is 101 Å². The minimum absolute atomic E-state index is 0.0113. The van der Waals surface area contributed by atoms with Gasteiger partial charge in [-0.3, -0.25) is 14.8 Å². The molecule has 2 N–H and O–H groups in total. The van der Waals surface area contributed by atoms with Crippen LogP contribution in [-0.2, 0) is 10.0 Å². The van der Waals surface area contributed by atoms with Crippen LogP contribution in [-0.4, -0.2) is 24.5 Å². The van der Waals surface area contributed by atoms with Gasteiger partial charge in [0.2, 0.25) is 5.13 Å². The van der Waals surface area contributed by atoms with Gasteiger partial charge in [-0.05, 0) is 37.3 Å². The molecule has 3 rings (SSSR count). The van der Waals surface area contributed by atoms with E-state index in [1.54, 1.807) is 24.3 Å². The van der Waals surface area contributed by atoms with Crippen molar-refractivity contribution in [3.8, 4) is 0 Å². The fraction of sp³-hybridized carbons (Fsp3) is 0.0625. The first-order valence-corrected chi connectivity index (χ1v) is 10.5. The molecule has 0 fully saturated rings. The highest BCUT2D eigenvalue weighted by Crippen LogP contribution is 2.25. The summed E-state index contributed by atoms with van der Waals surface area (Å²) in [7, 11) is -4.15. The van der Waals surface area contributed by atoms with Crippen molar-refractivity contribution in [1.82, 2.24) is 10.2 Å². The van der Waals surface area contributed by atoms with Crippen LogP contribution in [0.2, 0.25) is 0 Å². The number of carbonyl (C=O) groups is 1. The Balaban J connectivity index is 1.75. The Bertz CT molecular complexity index is 1100. The van der Waals surface area contributed by atoms with Crippen LogP contribution in [0, 0.1) is 12.7 Å². The SMILES string of the molecule is Cc1ccc(C(=O)Nc2nnc(S(=O)(=O)Nc3ccc(Br)cc3F)s2)cc1. The molecule has 0 aliphatic rings. The first kappa shape index (κ1) is 19.4. The van der Waals surface area contributed by atoms with E-state index >= 15 is 0 Å². The normalized spacial score (nSPS) is 11.2. The van der Waals surface area contributed by atoms with Crippen molar-refractivity contribution in [2.75, 3.05) is 10.0 Å². The zero-order chi connectivity index (χ0) is 19.6. The molecule has 0 unspecified atom stereocenters. The van der Waals surface area contributed by atoms with Gasteiger partial charge in [0, 0.05) is 10.0 Å². The molecule has 0 bridgehead atoms. The summed E-state index contributed by atoms with van der Waals surface area (Å²) >= 11 is 3.75. The number of aryl methyl sites for hydroxylation is 1. The molecule has 27 heavy (non-hydrogen) atoms. The summed E-state index contributed by atoms with van der Waals surface area (Å²) in [5, 5.41) is 9.72. The van der Waals surface area contributed by atoms with Crippen LogP contribution in [0.5, 0.6) is 0 Å². The smallest absolute Gasteiger partial charge is 0.291 e. The molecule has 7 nitrogen and oxygen atoms in total. The van der Waals surface area contributed by atoms with Crippen molar-refractivity contribution in [3.05, 3.63) is 63.9 Å². The first-order valence-electron chi connectivity index (χ1n) is 7.44. The highest BCUT2D eigenvalue weighted by Gasteiger charge is 2.22. The quantitative estimate of drug-likeness (QED) is 0.552. The van der Waals surface area contributed by atoms with Gasteiger partial charge in [0.1, 0.15) is 5.82 Å². The molecule has 0 saturated heterocycles. The predicted octanol–water partition coefficient (Wildman–Crippen LogP) is 3.80. The fourth-order valence-electron chi connectivity index (χ4n) is 2.00. The Morgan fingerprint density at radius 1 is 1.15 bits per heavy atom. The maximum atomic E-state index is 13.8. The van der Waals surface area contributed by atoms with Gasteiger partial charge in [-0.15, -0.1) is 10.2 Å². The number of hydrogen-bond donors (Lipinski definition) is 2. The van der Waals surface area contributed by atoms with E-state index in [0.717, 1.165) is 11.6 Å². The van der Waals surface area contributed by atoms with E-state index in [4.69, 9.17) is 0 Å². The molecule has 3 aromatic rings. The number of halogens is 2. The van der Waals surface area contributed by atoms with Gasteiger partial charge in [0.25, 0.3) is 20.3 Å². The molecule has 1 heterocycles. The Kier molecular flexibility index (Phi) is 5.53. The second-order valence-electron chi connectivity index (χ2n) is 5.42. The van der Waals surface area contributed by atoms with Gasteiger partial charge in [-0.2, -0.15) is 8.42 Å². The Labute approximate surface area is 166 Å². The summed E-state index contributed by atoms with van der Waals surface area (Å²) in [6.45, 7) is 1.89. The number of aromatic nitrogens is 2. The van der Waals surface area contributed by atoms with Crippen LogP contribution in [0.3, 0.4) is 0 Å². The largest absolute Gasteiger partial charge is 0.296 e. The van der Waals surface area contributed by atoms with Crippen molar-refractivity contribution < 1.29 is 17.6 Å². The van der Waals surface area contributed by atoms with Crippen LogP contribution < -0.4 is 10.0 Å². The van der Waals surface area contributed by atoms with E-state index in [1.165, 1.54) is 12.1 Å². The number of carbonyl (C=O) groups excluding carboxylic acids is 1. The third-order valence-corrected chi connectivity index (χ3v) is 6.41. The van der Waals surface area contributed by atoms with E-state index in [0.29, 0.717) is 21.4 Å². The number of benzene rings is 2. The number of rotatable bonds is 5. The van der Waals surface area contributed by atoms with Crippen molar-refractivity contribution in [1.29, 1.82) is 0 Å². The predicted molar refractivity (Wildman–Crippen MR) is 104 cm³/mol. The van der Waals surface area contributed by atoms with E-state index < -0.39 is 26.1 Å². The van der Waals surface area contributed by atoms with Gasteiger partial charge >= 0.3 is 0 Å². The van der Waals surface area contributed by atoms with Crippen molar-refractivity contribution in [2.45, 2.75) is 11.3 Å². The van der Waals surface area contributed by atoms with Gasteiger partial charge in [-0.25, -0.2) is 4.39 Å². The molecular weight excluding hydrogens is 459 g/mol. The van der Waals surface area contributed by atoms with Crippen LogP contribution >= 0.6 is 27.3 Å². The number of nitrogens with one attached hydrogen (secondary N) is 2. The molecule has 2 aromatic carbocycles. The van der Waals surface area contributed by atoms with Crippen LogP contribution in [0.1, 0.15) is 15.9 Å². The van der Waals surface area contributed by atoms with Gasteiger partial charge in [0.05, 0.1) is 5.69 Å². The summed E-state index contributed by atoms with van der Waals surface area (Å²) in [5.74, 6) is -1.19. The van der Waals surface area contributed by atoms with Crippen molar-refractivity contribution >= 4 is 54.0 Å². The Morgan fingerprint density at radius 3 is 2.52 bits per heavy atom. The summed E-state index contributed by atoms with van der Waals surface area (Å²) in [6, 6.07) is 10.7. The Hall–Kier alpha value is -2.37. The fourth-order valence-corrected chi connectivity index (χ4v) is 4.30. The summed E-state index contributed by atoms with van der Waals surface area (Å²) in [5.41, 5.74) is 1.18. The lowest BCUT2D eigenvalue weighted by Gasteiger charge is -2.06. The first-order chi connectivity index (χ1) is 12.7. The lowest BCUT2D eigenvalue weighted by atomic mass is 10.1. The van der Waals surface area contributed by atoms with Crippen molar-refractivity contribution in [2.24, 2.45) is 0 Å². The average Bonchev–Trinajstić information content (AvgIpc) is 3.07. The number of anilines is 2. The molecule has 1 amide bonds. The highest BCUT2D eigenvalue weighted by molar-refractivity contribution is 9.10. The van der Waals surface area contributed by atoms with E-state index in [-0.39, 0.29) is 10.8 Å². The molecule has 140 valence electrons. The minimum Gasteiger partial charge on any atom is -0.296 e. The van der Waals surface area contributed by atoms with Gasteiger partial charge in [0.15, 0.2) is 0 Å². The molecule has 0 saturated carbocycles. The van der Waals surface area contributed by atoms with E-state index in [1.807, 2.05) is 6.92 Å². The maximum absolute atomic E-state index is 13.8. The summed E-state index contributed by atoms with van der Waals surface area (Å²) in [4.78, 5) is 12.2. The number of hydrogen-bond acceptors (Lipinski definition) is 6. The third-order valence-electron chi connectivity index (χ3n) is 3.35. The molecule has 0 spiro atoms. The van der Waals surface area contributed by atoms with Gasteiger partial charge in [-0.1, -0.05) is 45.0 Å². The molecule has 0 aliphatic heterocycles. The second-order valence-corrected chi connectivity index (χ2v) is 9.17. The molecule has 1 aromatic heterocycles. The molecule has 0 atom stereocenters. The highest BCUT2D eigenvalue weighted by atomic mass is 79.9. The number of sulfonamides is 1. The molecule has 0 aliphatic carbocycles. The number of amides is 1. The Morgan fingerprint density at radius 2 is 1.85 bits per heavy atom. The van der Waals surface area contributed by atoms with Crippen LogP contribution in [0.15, 0.2) is 51.3 Å². The number of nitrogens with zero attached hydrogens (tertiary/aromatic N) is 2. The van der Waals surface area contributed by atoms with Crippen molar-refractivity contribution in [3.63, 3.8) is 0 Å². The lowest BCUT2D eigenvalue weighted by molar-refractivity contribution is 0.102. The maximum Gasteiger partial charge on any atom is 0.291 e. The zero-order valence-corrected chi connectivity index (χ0v) is 17.0. The molecular formula is C16H12BrFN4O3S2. The monoisotopic (exact) mass is 470 g/mol. The lowest BCUT2D eigenvalue weighted by Crippen LogP contribution is -2.13. The summed E-state index contributed by atoms with van der Waals surface area (Å²) < 4.78 is 40.7. The van der Waals surface area contributed by atoms with Crippen LogP contribution in [0.25, 0.3) is 0 Å². The third kappa shape index (κ3) is 4.67. The second kappa shape index (κ2) is 7.71. The van der Waals surface area contributed by atoms with E-state index in [2.05, 4.69) is 36.2 Å².